The van der Waals surface area contributed by atoms with E-state index in [4.69, 9.17) is 23.2 Å². The second-order valence-electron chi connectivity index (χ2n) is 5.88. The zero-order chi connectivity index (χ0) is 14.7. The first-order valence-electron chi connectivity index (χ1n) is 6.66. The van der Waals surface area contributed by atoms with Gasteiger partial charge >= 0.3 is 0 Å². The molecule has 20 heavy (non-hydrogen) atoms. The Labute approximate surface area is 127 Å². The van der Waals surface area contributed by atoms with Crippen molar-refractivity contribution in [3.8, 4) is 0 Å². The Balaban J connectivity index is 2.07. The molecule has 1 amide bonds. The van der Waals surface area contributed by atoms with Crippen molar-refractivity contribution in [1.29, 1.82) is 0 Å². The maximum absolute atomic E-state index is 12.7. The van der Waals surface area contributed by atoms with Crippen LogP contribution in [0.2, 0.25) is 10.0 Å². The molecule has 0 radical (unpaired) electrons. The lowest BCUT2D eigenvalue weighted by molar-refractivity contribution is -0.125. The highest BCUT2D eigenvalue weighted by atomic mass is 35.5. The quantitative estimate of drug-likeness (QED) is 0.852. The highest BCUT2D eigenvalue weighted by Crippen LogP contribution is 2.47. The number of hydrogen-bond acceptors (Lipinski definition) is 2. The maximum atomic E-state index is 12.7. The van der Waals surface area contributed by atoms with E-state index in [0.29, 0.717) is 15.6 Å². The number of aryl methyl sites for hydroxylation is 1. The third-order valence-electron chi connectivity index (χ3n) is 4.40. The second kappa shape index (κ2) is 4.47. The Bertz CT molecular complexity index is 601. The largest absolute Gasteiger partial charge is 0.343 e. The zero-order valence-corrected chi connectivity index (χ0v) is 12.8. The number of carbonyl (C=O) groups excluding carboxylic acids is 2. The summed E-state index contributed by atoms with van der Waals surface area (Å²) >= 11 is 12.2. The number of Topliss-reactive ketones (excluding diaryl/α,β-unsaturated/α-hetero) is 1. The molecule has 1 saturated heterocycles. The first kappa shape index (κ1) is 13.9. The van der Waals surface area contributed by atoms with Gasteiger partial charge in [0.15, 0.2) is 5.78 Å². The lowest BCUT2D eigenvalue weighted by atomic mass is 9.84. The number of rotatable bonds is 2. The lowest BCUT2D eigenvalue weighted by Crippen LogP contribution is -2.45. The standard InChI is InChI=1S/C15H15Cl2NO2/c1-7-5-9(16)6-10(17)11(7)12-13(19)15(2,8-3-4-8)18-14(12)20/h5-6,8,12H,3-4H2,1-2H3,(H,18,20). The summed E-state index contributed by atoms with van der Waals surface area (Å²) in [5, 5.41) is 3.76. The number of halogens is 2. The monoisotopic (exact) mass is 311 g/mol. The van der Waals surface area contributed by atoms with Crippen molar-refractivity contribution in [1.82, 2.24) is 5.32 Å². The van der Waals surface area contributed by atoms with Gasteiger partial charge in [-0.25, -0.2) is 0 Å². The fourth-order valence-corrected chi connectivity index (χ4v) is 3.82. The van der Waals surface area contributed by atoms with E-state index >= 15 is 0 Å². The SMILES string of the molecule is Cc1cc(Cl)cc(Cl)c1C1C(=O)NC(C)(C2CC2)C1=O. The van der Waals surface area contributed by atoms with Gasteiger partial charge in [0.05, 0.1) is 5.54 Å². The van der Waals surface area contributed by atoms with Crippen LogP contribution in [0.15, 0.2) is 12.1 Å². The van der Waals surface area contributed by atoms with Crippen LogP contribution < -0.4 is 5.32 Å². The van der Waals surface area contributed by atoms with Crippen molar-refractivity contribution >= 4 is 34.9 Å². The van der Waals surface area contributed by atoms with Crippen molar-refractivity contribution in [3.63, 3.8) is 0 Å². The molecule has 2 atom stereocenters. The van der Waals surface area contributed by atoms with Crippen molar-refractivity contribution < 1.29 is 9.59 Å². The molecule has 1 aliphatic heterocycles. The smallest absolute Gasteiger partial charge is 0.236 e. The van der Waals surface area contributed by atoms with Crippen molar-refractivity contribution in [2.75, 3.05) is 0 Å². The first-order chi connectivity index (χ1) is 9.34. The number of amides is 1. The summed E-state index contributed by atoms with van der Waals surface area (Å²) in [7, 11) is 0. The van der Waals surface area contributed by atoms with Crippen LogP contribution >= 0.6 is 23.2 Å². The van der Waals surface area contributed by atoms with Gasteiger partial charge in [-0.15, -0.1) is 0 Å². The van der Waals surface area contributed by atoms with Crippen LogP contribution in [0.1, 0.15) is 36.8 Å². The van der Waals surface area contributed by atoms with E-state index in [0.717, 1.165) is 18.4 Å². The van der Waals surface area contributed by atoms with Gasteiger partial charge in [0.25, 0.3) is 0 Å². The van der Waals surface area contributed by atoms with Crippen LogP contribution in [0.25, 0.3) is 0 Å². The number of ketones is 1. The summed E-state index contributed by atoms with van der Waals surface area (Å²) in [4.78, 5) is 25.0. The van der Waals surface area contributed by atoms with E-state index in [1.54, 1.807) is 12.1 Å². The summed E-state index contributed by atoms with van der Waals surface area (Å²) in [5.74, 6) is -0.880. The Hall–Kier alpha value is -1.06. The highest BCUT2D eigenvalue weighted by Gasteiger charge is 2.57. The predicted molar refractivity (Wildman–Crippen MR) is 78.2 cm³/mol. The summed E-state index contributed by atoms with van der Waals surface area (Å²) in [6.45, 7) is 3.64. The summed E-state index contributed by atoms with van der Waals surface area (Å²) in [6.07, 6.45) is 1.98. The molecule has 2 unspecified atom stereocenters. The van der Waals surface area contributed by atoms with Crippen LogP contribution in [0.3, 0.4) is 0 Å². The van der Waals surface area contributed by atoms with Crippen molar-refractivity contribution in [2.24, 2.45) is 5.92 Å². The molecule has 1 aromatic rings. The topological polar surface area (TPSA) is 46.2 Å². The Morgan fingerprint density at radius 1 is 1.25 bits per heavy atom. The molecule has 2 aliphatic rings. The Morgan fingerprint density at radius 3 is 2.45 bits per heavy atom. The third-order valence-corrected chi connectivity index (χ3v) is 4.93. The third kappa shape index (κ3) is 1.95. The molecule has 1 aliphatic carbocycles. The minimum absolute atomic E-state index is 0.0719. The molecule has 0 aromatic heterocycles. The van der Waals surface area contributed by atoms with Crippen molar-refractivity contribution in [3.05, 3.63) is 33.3 Å². The van der Waals surface area contributed by atoms with E-state index in [1.165, 1.54) is 0 Å². The maximum Gasteiger partial charge on any atom is 0.236 e. The van der Waals surface area contributed by atoms with E-state index in [-0.39, 0.29) is 17.6 Å². The Kier molecular flexibility index (Phi) is 3.11. The fourth-order valence-electron chi connectivity index (χ4n) is 3.11. The molecule has 0 bridgehead atoms. The summed E-state index contributed by atoms with van der Waals surface area (Å²) < 4.78 is 0. The van der Waals surface area contributed by atoms with Crippen LogP contribution in [0.4, 0.5) is 0 Å². The van der Waals surface area contributed by atoms with Gasteiger partial charge in [0.1, 0.15) is 5.92 Å². The Morgan fingerprint density at radius 2 is 1.90 bits per heavy atom. The first-order valence-corrected chi connectivity index (χ1v) is 7.42. The van der Waals surface area contributed by atoms with Crippen LogP contribution in [0.5, 0.6) is 0 Å². The van der Waals surface area contributed by atoms with Gasteiger partial charge in [-0.1, -0.05) is 23.2 Å². The van der Waals surface area contributed by atoms with Gasteiger partial charge < -0.3 is 5.32 Å². The van der Waals surface area contributed by atoms with Gasteiger partial charge in [0.2, 0.25) is 5.91 Å². The molecule has 1 aromatic carbocycles. The molecule has 106 valence electrons. The molecular formula is C15H15Cl2NO2. The molecular weight excluding hydrogens is 297 g/mol. The van der Waals surface area contributed by atoms with E-state index in [9.17, 15) is 9.59 Å². The number of carbonyl (C=O) groups is 2. The molecule has 3 rings (SSSR count). The van der Waals surface area contributed by atoms with E-state index < -0.39 is 11.5 Å². The fraction of sp³-hybridized carbons (Fsp3) is 0.467. The van der Waals surface area contributed by atoms with Gasteiger partial charge in [-0.05, 0) is 55.9 Å². The minimum atomic E-state index is -0.814. The van der Waals surface area contributed by atoms with E-state index in [1.807, 2.05) is 13.8 Å². The number of hydrogen-bond donors (Lipinski definition) is 1. The van der Waals surface area contributed by atoms with E-state index in [2.05, 4.69) is 5.32 Å². The molecule has 0 spiro atoms. The van der Waals surface area contributed by atoms with Crippen LogP contribution in [-0.2, 0) is 9.59 Å². The van der Waals surface area contributed by atoms with Gasteiger partial charge in [0, 0.05) is 10.0 Å². The van der Waals surface area contributed by atoms with Crippen molar-refractivity contribution in [2.45, 2.75) is 38.1 Å². The highest BCUT2D eigenvalue weighted by molar-refractivity contribution is 6.36. The number of benzene rings is 1. The predicted octanol–water partition coefficient (Wildman–Crippen LogP) is 3.25. The molecule has 2 fully saturated rings. The zero-order valence-electron chi connectivity index (χ0n) is 11.3. The number of nitrogens with one attached hydrogen (secondary N) is 1. The molecule has 1 saturated carbocycles. The second-order valence-corrected chi connectivity index (χ2v) is 6.72. The summed E-state index contributed by atoms with van der Waals surface area (Å²) in [6, 6.07) is 3.31. The average molecular weight is 312 g/mol. The molecule has 1 heterocycles. The van der Waals surface area contributed by atoms with Gasteiger partial charge in [-0.3, -0.25) is 9.59 Å². The van der Waals surface area contributed by atoms with Gasteiger partial charge in [-0.2, -0.15) is 0 Å². The molecule has 3 nitrogen and oxygen atoms in total. The normalized spacial score (nSPS) is 29.7. The molecule has 1 N–H and O–H groups in total. The minimum Gasteiger partial charge on any atom is -0.343 e. The summed E-state index contributed by atoms with van der Waals surface area (Å²) in [5.41, 5.74) is 0.621. The average Bonchev–Trinajstić information content (AvgIpc) is 3.13. The lowest BCUT2D eigenvalue weighted by Gasteiger charge is -2.22. The molecule has 5 heteroatoms. The van der Waals surface area contributed by atoms with Crippen LogP contribution in [0, 0.1) is 12.8 Å². The van der Waals surface area contributed by atoms with Crippen LogP contribution in [-0.4, -0.2) is 17.2 Å².